The summed E-state index contributed by atoms with van der Waals surface area (Å²) in [5.74, 6) is 0.355. The number of carbonyl (C=O) groups is 1. The number of hydrogen-bond acceptors (Lipinski definition) is 5. The molecule has 0 fully saturated rings. The lowest BCUT2D eigenvalue weighted by Gasteiger charge is -2.30. The molecular formula is C16H25NO4. The van der Waals surface area contributed by atoms with Gasteiger partial charge in [-0.1, -0.05) is 18.2 Å². The van der Waals surface area contributed by atoms with E-state index in [0.29, 0.717) is 32.1 Å². The average molecular weight is 295 g/mol. The van der Waals surface area contributed by atoms with Crippen LogP contribution in [0.2, 0.25) is 0 Å². The van der Waals surface area contributed by atoms with Gasteiger partial charge in [-0.15, -0.1) is 0 Å². The SMILES string of the molecule is CCOC(=O)C(C)(NCCOC)c1ccccc1OCC. The molecule has 0 aliphatic rings. The molecule has 118 valence electrons. The topological polar surface area (TPSA) is 56.8 Å². The number of esters is 1. The second-order valence-corrected chi connectivity index (χ2v) is 4.69. The molecule has 0 bridgehead atoms. The number of ether oxygens (including phenoxy) is 3. The van der Waals surface area contributed by atoms with Gasteiger partial charge in [0, 0.05) is 19.2 Å². The van der Waals surface area contributed by atoms with Crippen LogP contribution >= 0.6 is 0 Å². The van der Waals surface area contributed by atoms with Gasteiger partial charge in [-0.3, -0.25) is 5.32 Å². The highest BCUT2D eigenvalue weighted by Crippen LogP contribution is 2.31. The largest absolute Gasteiger partial charge is 0.494 e. The monoisotopic (exact) mass is 295 g/mol. The minimum Gasteiger partial charge on any atom is -0.494 e. The van der Waals surface area contributed by atoms with Gasteiger partial charge in [0.25, 0.3) is 0 Å². The Kier molecular flexibility index (Phi) is 7.19. The van der Waals surface area contributed by atoms with E-state index in [4.69, 9.17) is 14.2 Å². The van der Waals surface area contributed by atoms with E-state index in [1.807, 2.05) is 31.2 Å². The van der Waals surface area contributed by atoms with Crippen molar-refractivity contribution in [1.29, 1.82) is 0 Å². The van der Waals surface area contributed by atoms with Gasteiger partial charge in [-0.05, 0) is 26.8 Å². The molecule has 0 spiro atoms. The lowest BCUT2D eigenvalue weighted by molar-refractivity contribution is -0.151. The molecule has 5 nitrogen and oxygen atoms in total. The van der Waals surface area contributed by atoms with Crippen LogP contribution in [0.1, 0.15) is 26.3 Å². The summed E-state index contributed by atoms with van der Waals surface area (Å²) in [6.07, 6.45) is 0. The smallest absolute Gasteiger partial charge is 0.330 e. The lowest BCUT2D eigenvalue weighted by Crippen LogP contribution is -2.49. The highest BCUT2D eigenvalue weighted by atomic mass is 16.5. The molecule has 1 rings (SSSR count). The molecule has 0 aliphatic carbocycles. The molecule has 0 amide bonds. The normalized spacial score (nSPS) is 13.5. The molecule has 5 heteroatoms. The Morgan fingerprint density at radius 1 is 1.24 bits per heavy atom. The van der Waals surface area contributed by atoms with E-state index in [0.717, 1.165) is 5.56 Å². The Bertz CT molecular complexity index is 450. The van der Waals surface area contributed by atoms with E-state index in [9.17, 15) is 4.79 Å². The zero-order valence-corrected chi connectivity index (χ0v) is 13.3. The molecular weight excluding hydrogens is 270 g/mol. The van der Waals surface area contributed by atoms with Crippen molar-refractivity contribution in [3.8, 4) is 5.75 Å². The Labute approximate surface area is 126 Å². The van der Waals surface area contributed by atoms with Crippen LogP contribution in [0.3, 0.4) is 0 Å². The third-order valence-electron chi connectivity index (χ3n) is 3.19. The first kappa shape index (κ1) is 17.5. The molecule has 0 aliphatic heterocycles. The zero-order valence-electron chi connectivity index (χ0n) is 13.3. The fraction of sp³-hybridized carbons (Fsp3) is 0.562. The van der Waals surface area contributed by atoms with Crippen LogP contribution in [0.5, 0.6) is 5.75 Å². The highest BCUT2D eigenvalue weighted by molar-refractivity contribution is 5.83. The Morgan fingerprint density at radius 2 is 1.95 bits per heavy atom. The number of hydrogen-bond donors (Lipinski definition) is 1. The van der Waals surface area contributed by atoms with Crippen molar-refractivity contribution in [2.45, 2.75) is 26.3 Å². The van der Waals surface area contributed by atoms with Gasteiger partial charge in [0.05, 0.1) is 19.8 Å². The molecule has 0 saturated heterocycles. The summed E-state index contributed by atoms with van der Waals surface area (Å²) < 4.78 is 15.9. The van der Waals surface area contributed by atoms with Crippen LogP contribution in [0.15, 0.2) is 24.3 Å². The van der Waals surface area contributed by atoms with Crippen molar-refractivity contribution in [1.82, 2.24) is 5.32 Å². The maximum absolute atomic E-state index is 12.4. The van der Waals surface area contributed by atoms with Crippen molar-refractivity contribution < 1.29 is 19.0 Å². The molecule has 1 unspecified atom stereocenters. The van der Waals surface area contributed by atoms with E-state index in [1.54, 1.807) is 21.0 Å². The van der Waals surface area contributed by atoms with Crippen LogP contribution in [0.4, 0.5) is 0 Å². The average Bonchev–Trinajstić information content (AvgIpc) is 2.48. The molecule has 0 saturated carbocycles. The Balaban J connectivity index is 3.13. The summed E-state index contributed by atoms with van der Waals surface area (Å²) in [4.78, 5) is 12.4. The number of methoxy groups -OCH3 is 1. The van der Waals surface area contributed by atoms with Crippen LogP contribution in [0.25, 0.3) is 0 Å². The minimum atomic E-state index is -0.972. The first-order valence-corrected chi connectivity index (χ1v) is 7.23. The van der Waals surface area contributed by atoms with E-state index in [2.05, 4.69) is 5.32 Å². The molecule has 1 N–H and O–H groups in total. The maximum Gasteiger partial charge on any atom is 0.330 e. The molecule has 21 heavy (non-hydrogen) atoms. The number of rotatable bonds is 9. The third kappa shape index (κ3) is 4.44. The summed E-state index contributed by atoms with van der Waals surface area (Å²) in [5.41, 5.74) is -0.207. The van der Waals surface area contributed by atoms with Crippen LogP contribution < -0.4 is 10.1 Å². The second kappa shape index (κ2) is 8.64. The summed E-state index contributed by atoms with van der Waals surface area (Å²) >= 11 is 0. The predicted octanol–water partition coefficient (Wildman–Crippen LogP) is 2.10. The van der Waals surface area contributed by atoms with Gasteiger partial charge in [0.1, 0.15) is 11.3 Å². The van der Waals surface area contributed by atoms with Gasteiger partial charge in [-0.25, -0.2) is 4.79 Å². The number of carbonyl (C=O) groups excluding carboxylic acids is 1. The molecule has 0 aromatic heterocycles. The van der Waals surface area contributed by atoms with Crippen LogP contribution in [-0.4, -0.2) is 39.4 Å². The van der Waals surface area contributed by atoms with Crippen LogP contribution in [-0.2, 0) is 19.8 Å². The van der Waals surface area contributed by atoms with E-state index < -0.39 is 5.54 Å². The van der Waals surface area contributed by atoms with Gasteiger partial charge in [-0.2, -0.15) is 0 Å². The Morgan fingerprint density at radius 3 is 2.57 bits per heavy atom. The van der Waals surface area contributed by atoms with Gasteiger partial charge < -0.3 is 14.2 Å². The van der Waals surface area contributed by atoms with Gasteiger partial charge in [0.15, 0.2) is 0 Å². The second-order valence-electron chi connectivity index (χ2n) is 4.69. The summed E-state index contributed by atoms with van der Waals surface area (Å²) in [7, 11) is 1.62. The number of para-hydroxylation sites is 1. The summed E-state index contributed by atoms with van der Waals surface area (Å²) in [6, 6.07) is 7.50. The fourth-order valence-corrected chi connectivity index (χ4v) is 2.12. The van der Waals surface area contributed by atoms with E-state index >= 15 is 0 Å². The van der Waals surface area contributed by atoms with Gasteiger partial charge in [0.2, 0.25) is 0 Å². The number of benzene rings is 1. The van der Waals surface area contributed by atoms with Crippen molar-refractivity contribution in [3.05, 3.63) is 29.8 Å². The molecule has 1 aromatic rings. The lowest BCUT2D eigenvalue weighted by atomic mass is 9.91. The van der Waals surface area contributed by atoms with Crippen molar-refractivity contribution in [3.63, 3.8) is 0 Å². The molecule has 0 heterocycles. The zero-order chi connectivity index (χ0) is 15.7. The third-order valence-corrected chi connectivity index (χ3v) is 3.19. The molecule has 1 aromatic carbocycles. The van der Waals surface area contributed by atoms with Crippen molar-refractivity contribution >= 4 is 5.97 Å². The number of nitrogens with one attached hydrogen (secondary N) is 1. The van der Waals surface area contributed by atoms with Gasteiger partial charge >= 0.3 is 5.97 Å². The Hall–Kier alpha value is -1.59. The van der Waals surface area contributed by atoms with E-state index in [-0.39, 0.29) is 5.97 Å². The standard InChI is InChI=1S/C16H25NO4/c1-5-20-14-10-8-7-9-13(14)16(3,15(18)21-6-2)17-11-12-19-4/h7-10,17H,5-6,11-12H2,1-4H3. The first-order chi connectivity index (χ1) is 10.1. The molecule has 0 radical (unpaired) electrons. The van der Waals surface area contributed by atoms with E-state index in [1.165, 1.54) is 0 Å². The van der Waals surface area contributed by atoms with Crippen LogP contribution in [0, 0.1) is 0 Å². The molecule has 1 atom stereocenters. The minimum absolute atomic E-state index is 0.326. The highest BCUT2D eigenvalue weighted by Gasteiger charge is 2.38. The summed E-state index contributed by atoms with van der Waals surface area (Å²) in [6.45, 7) is 7.42. The summed E-state index contributed by atoms with van der Waals surface area (Å²) in [5, 5.41) is 3.22. The predicted molar refractivity (Wildman–Crippen MR) is 81.5 cm³/mol. The first-order valence-electron chi connectivity index (χ1n) is 7.23. The maximum atomic E-state index is 12.4. The van der Waals surface area contributed by atoms with Crippen molar-refractivity contribution in [2.24, 2.45) is 0 Å². The van der Waals surface area contributed by atoms with Crippen molar-refractivity contribution in [2.75, 3.05) is 33.5 Å². The fourth-order valence-electron chi connectivity index (χ4n) is 2.12. The quantitative estimate of drug-likeness (QED) is 0.558.